The van der Waals surface area contributed by atoms with Gasteiger partial charge in [-0.1, -0.05) is 44.2 Å². The van der Waals surface area contributed by atoms with E-state index < -0.39 is 12.1 Å². The van der Waals surface area contributed by atoms with Gasteiger partial charge < -0.3 is 10.4 Å². The first-order valence-electron chi connectivity index (χ1n) is 7.80. The molecule has 2 atom stereocenters. The minimum Gasteiger partial charge on any atom is -0.393 e. The maximum Gasteiger partial charge on any atom is 0.245 e. The van der Waals surface area contributed by atoms with Crippen molar-refractivity contribution < 1.29 is 9.90 Å². The molecular weight excluding hydrogens is 294 g/mol. The fourth-order valence-electron chi connectivity index (χ4n) is 2.25. The van der Waals surface area contributed by atoms with Gasteiger partial charge in [-0.25, -0.2) is 4.68 Å². The molecule has 0 aliphatic rings. The first-order valence-corrected chi connectivity index (χ1v) is 7.80. The standard InChI is InChI=1S/C16H23N5O2/c1-12(2)15(22)8-9-17-16(23)14(21-11-18-19-20-21)10-13-6-4-3-5-7-13/h3-7,11-12,14-15,22H,8-10H2,1-2H3,(H,17,23). The number of aliphatic hydroxyl groups is 1. The van der Waals surface area contributed by atoms with E-state index in [4.69, 9.17) is 0 Å². The summed E-state index contributed by atoms with van der Waals surface area (Å²) >= 11 is 0. The minimum absolute atomic E-state index is 0.155. The molecule has 0 aliphatic heterocycles. The van der Waals surface area contributed by atoms with E-state index in [1.165, 1.54) is 11.0 Å². The minimum atomic E-state index is -0.511. The van der Waals surface area contributed by atoms with Crippen LogP contribution in [-0.4, -0.2) is 43.9 Å². The number of carbonyl (C=O) groups is 1. The molecule has 2 aromatic rings. The SMILES string of the molecule is CC(C)C(O)CCNC(=O)C(Cc1ccccc1)n1cnnn1. The number of rotatable bonds is 8. The van der Waals surface area contributed by atoms with Gasteiger partial charge in [-0.3, -0.25) is 4.79 Å². The van der Waals surface area contributed by atoms with Gasteiger partial charge in [0.2, 0.25) is 5.91 Å². The van der Waals surface area contributed by atoms with E-state index in [-0.39, 0.29) is 11.8 Å². The van der Waals surface area contributed by atoms with Crippen LogP contribution in [0.2, 0.25) is 0 Å². The number of carbonyl (C=O) groups excluding carboxylic acids is 1. The van der Waals surface area contributed by atoms with E-state index in [0.717, 1.165) is 5.56 Å². The average Bonchev–Trinajstić information content (AvgIpc) is 3.07. The zero-order chi connectivity index (χ0) is 16.7. The summed E-state index contributed by atoms with van der Waals surface area (Å²) in [5.41, 5.74) is 1.03. The maximum absolute atomic E-state index is 12.5. The molecule has 1 aromatic carbocycles. The Hall–Kier alpha value is -2.28. The van der Waals surface area contributed by atoms with Crippen LogP contribution in [0.1, 0.15) is 31.9 Å². The summed E-state index contributed by atoms with van der Waals surface area (Å²) in [6.45, 7) is 4.32. The van der Waals surface area contributed by atoms with Crippen molar-refractivity contribution in [2.75, 3.05) is 6.54 Å². The topological polar surface area (TPSA) is 92.9 Å². The molecule has 1 amide bonds. The Balaban J connectivity index is 1.98. The Bertz CT molecular complexity index is 586. The summed E-state index contributed by atoms with van der Waals surface area (Å²) in [6, 6.07) is 9.22. The molecule has 2 rings (SSSR count). The van der Waals surface area contributed by atoms with Crippen molar-refractivity contribution >= 4 is 5.91 Å². The van der Waals surface area contributed by atoms with E-state index in [1.54, 1.807) is 0 Å². The molecule has 124 valence electrons. The predicted octanol–water partition coefficient (Wildman–Crippen LogP) is 0.980. The molecule has 1 aromatic heterocycles. The monoisotopic (exact) mass is 317 g/mol. The summed E-state index contributed by atoms with van der Waals surface area (Å²) in [5.74, 6) is 0.0173. The smallest absolute Gasteiger partial charge is 0.245 e. The van der Waals surface area contributed by atoms with Gasteiger partial charge in [-0.15, -0.1) is 5.10 Å². The number of nitrogens with one attached hydrogen (secondary N) is 1. The molecule has 0 fully saturated rings. The van der Waals surface area contributed by atoms with Gasteiger partial charge in [0.15, 0.2) is 0 Å². The molecule has 0 radical (unpaired) electrons. The Morgan fingerprint density at radius 3 is 2.65 bits per heavy atom. The van der Waals surface area contributed by atoms with Crippen LogP contribution >= 0.6 is 0 Å². The van der Waals surface area contributed by atoms with Gasteiger partial charge in [-0.2, -0.15) is 0 Å². The van der Waals surface area contributed by atoms with Gasteiger partial charge in [0.25, 0.3) is 0 Å². The van der Waals surface area contributed by atoms with E-state index >= 15 is 0 Å². The largest absolute Gasteiger partial charge is 0.393 e. The van der Waals surface area contributed by atoms with Gasteiger partial charge in [0.1, 0.15) is 12.4 Å². The number of amides is 1. The van der Waals surface area contributed by atoms with Crippen LogP contribution in [-0.2, 0) is 11.2 Å². The molecule has 7 nitrogen and oxygen atoms in total. The van der Waals surface area contributed by atoms with Crippen molar-refractivity contribution in [1.29, 1.82) is 0 Å². The summed E-state index contributed by atoms with van der Waals surface area (Å²) in [7, 11) is 0. The molecule has 0 saturated carbocycles. The van der Waals surface area contributed by atoms with Gasteiger partial charge >= 0.3 is 0 Å². The van der Waals surface area contributed by atoms with Crippen molar-refractivity contribution in [3.05, 3.63) is 42.2 Å². The van der Waals surface area contributed by atoms with E-state index in [1.807, 2.05) is 44.2 Å². The van der Waals surface area contributed by atoms with Gasteiger partial charge in [0.05, 0.1) is 6.10 Å². The third kappa shape index (κ3) is 5.14. The van der Waals surface area contributed by atoms with E-state index in [0.29, 0.717) is 19.4 Å². The second-order valence-electron chi connectivity index (χ2n) is 5.89. The highest BCUT2D eigenvalue weighted by molar-refractivity contribution is 5.80. The van der Waals surface area contributed by atoms with Crippen molar-refractivity contribution in [3.8, 4) is 0 Å². The number of nitrogens with zero attached hydrogens (tertiary/aromatic N) is 4. The number of benzene rings is 1. The third-order valence-corrected chi connectivity index (χ3v) is 3.77. The summed E-state index contributed by atoms with van der Waals surface area (Å²) < 4.78 is 1.46. The summed E-state index contributed by atoms with van der Waals surface area (Å²) in [5, 5.41) is 23.7. The van der Waals surface area contributed by atoms with E-state index in [9.17, 15) is 9.90 Å². The lowest BCUT2D eigenvalue weighted by molar-refractivity contribution is -0.124. The zero-order valence-electron chi connectivity index (χ0n) is 13.5. The summed E-state index contributed by atoms with van der Waals surface area (Å²) in [6.07, 6.45) is 2.05. The van der Waals surface area contributed by atoms with Gasteiger partial charge in [0, 0.05) is 13.0 Å². The lowest BCUT2D eigenvalue weighted by Gasteiger charge is -2.18. The summed E-state index contributed by atoms with van der Waals surface area (Å²) in [4.78, 5) is 12.5. The third-order valence-electron chi connectivity index (χ3n) is 3.77. The van der Waals surface area contributed by atoms with E-state index in [2.05, 4.69) is 20.8 Å². The first-order chi connectivity index (χ1) is 11.1. The molecule has 1 heterocycles. The second-order valence-corrected chi connectivity index (χ2v) is 5.89. The Morgan fingerprint density at radius 1 is 1.30 bits per heavy atom. The fraction of sp³-hybridized carbons (Fsp3) is 0.500. The van der Waals surface area contributed by atoms with Crippen LogP contribution in [0.25, 0.3) is 0 Å². The fourth-order valence-corrected chi connectivity index (χ4v) is 2.25. The van der Waals surface area contributed by atoms with Crippen molar-refractivity contribution in [2.45, 2.75) is 38.8 Å². The average molecular weight is 317 g/mol. The zero-order valence-corrected chi connectivity index (χ0v) is 13.5. The number of aromatic nitrogens is 4. The first kappa shape index (κ1) is 17.1. The Kier molecular flexibility index (Phi) is 6.22. The number of tetrazole rings is 1. The van der Waals surface area contributed by atoms with Crippen LogP contribution < -0.4 is 5.32 Å². The van der Waals surface area contributed by atoms with Crippen LogP contribution in [0.4, 0.5) is 0 Å². The molecule has 0 saturated heterocycles. The lowest BCUT2D eigenvalue weighted by Crippen LogP contribution is -2.36. The molecular formula is C16H23N5O2. The molecule has 0 spiro atoms. The molecule has 2 N–H and O–H groups in total. The Morgan fingerprint density at radius 2 is 2.04 bits per heavy atom. The van der Waals surface area contributed by atoms with Crippen LogP contribution in [0.15, 0.2) is 36.7 Å². The van der Waals surface area contributed by atoms with Crippen LogP contribution in [0, 0.1) is 5.92 Å². The van der Waals surface area contributed by atoms with Crippen molar-refractivity contribution in [1.82, 2.24) is 25.5 Å². The number of hydrogen-bond donors (Lipinski definition) is 2. The highest BCUT2D eigenvalue weighted by Crippen LogP contribution is 2.13. The maximum atomic E-state index is 12.5. The second kappa shape index (κ2) is 8.38. The molecule has 0 aliphatic carbocycles. The number of hydrogen-bond acceptors (Lipinski definition) is 5. The predicted molar refractivity (Wildman–Crippen MR) is 85.5 cm³/mol. The number of aliphatic hydroxyl groups excluding tert-OH is 1. The highest BCUT2D eigenvalue weighted by Gasteiger charge is 2.22. The quantitative estimate of drug-likeness (QED) is 0.757. The molecule has 23 heavy (non-hydrogen) atoms. The molecule has 0 bridgehead atoms. The van der Waals surface area contributed by atoms with Crippen LogP contribution in [0.3, 0.4) is 0 Å². The highest BCUT2D eigenvalue weighted by atomic mass is 16.3. The van der Waals surface area contributed by atoms with Crippen molar-refractivity contribution in [3.63, 3.8) is 0 Å². The van der Waals surface area contributed by atoms with Crippen molar-refractivity contribution in [2.24, 2.45) is 5.92 Å². The Labute approximate surface area is 135 Å². The van der Waals surface area contributed by atoms with Crippen LogP contribution in [0.5, 0.6) is 0 Å². The normalized spacial score (nSPS) is 13.7. The molecule has 2 unspecified atom stereocenters. The molecule has 7 heteroatoms. The lowest BCUT2D eigenvalue weighted by atomic mass is 10.0. The van der Waals surface area contributed by atoms with Gasteiger partial charge in [-0.05, 0) is 28.3 Å².